The standard InChI is InChI=1S/C9H13N3O2S2/c1-3-10-8-11-12-9(16-8)15-6-4-5(2)14-7(6)13/h5-6H,3-4H2,1-2H3,(H,10,11)/t5-,6+/m0/s1. The van der Waals surface area contributed by atoms with Gasteiger partial charge in [0.05, 0.1) is 0 Å². The van der Waals surface area contributed by atoms with Crippen molar-refractivity contribution >= 4 is 34.2 Å². The predicted octanol–water partition coefficient (Wildman–Crippen LogP) is 1.77. The number of rotatable bonds is 4. The van der Waals surface area contributed by atoms with E-state index < -0.39 is 0 Å². The van der Waals surface area contributed by atoms with Crippen molar-refractivity contribution in [1.29, 1.82) is 0 Å². The Morgan fingerprint density at radius 2 is 2.44 bits per heavy atom. The normalized spacial score (nSPS) is 24.5. The van der Waals surface area contributed by atoms with Gasteiger partial charge in [0.1, 0.15) is 11.4 Å². The van der Waals surface area contributed by atoms with Crippen molar-refractivity contribution in [3.8, 4) is 0 Å². The summed E-state index contributed by atoms with van der Waals surface area (Å²) in [5, 5.41) is 11.8. The summed E-state index contributed by atoms with van der Waals surface area (Å²) in [6, 6.07) is 0. The summed E-state index contributed by atoms with van der Waals surface area (Å²) in [5.41, 5.74) is 0. The van der Waals surface area contributed by atoms with E-state index in [9.17, 15) is 4.79 Å². The Bertz CT molecular complexity index is 383. The molecule has 1 aliphatic rings. The van der Waals surface area contributed by atoms with Crippen LogP contribution in [0.5, 0.6) is 0 Å². The van der Waals surface area contributed by atoms with Gasteiger partial charge in [0.25, 0.3) is 0 Å². The maximum absolute atomic E-state index is 11.4. The fraction of sp³-hybridized carbons (Fsp3) is 0.667. The molecular formula is C9H13N3O2S2. The lowest BCUT2D eigenvalue weighted by Gasteiger charge is -1.99. The van der Waals surface area contributed by atoms with Crippen LogP contribution in [0.15, 0.2) is 4.34 Å². The van der Waals surface area contributed by atoms with Gasteiger partial charge in [-0.2, -0.15) is 0 Å². The van der Waals surface area contributed by atoms with E-state index in [1.165, 1.54) is 23.1 Å². The highest BCUT2D eigenvalue weighted by Crippen LogP contribution is 2.34. The van der Waals surface area contributed by atoms with Crippen LogP contribution in [0.3, 0.4) is 0 Å². The lowest BCUT2D eigenvalue weighted by molar-refractivity contribution is -0.140. The first-order valence-electron chi connectivity index (χ1n) is 5.13. The number of hydrogen-bond acceptors (Lipinski definition) is 7. The Labute approximate surface area is 102 Å². The van der Waals surface area contributed by atoms with E-state index >= 15 is 0 Å². The zero-order valence-electron chi connectivity index (χ0n) is 9.10. The molecule has 1 N–H and O–H groups in total. The average molecular weight is 259 g/mol. The summed E-state index contributed by atoms with van der Waals surface area (Å²) in [6.45, 7) is 4.73. The number of carbonyl (C=O) groups excluding carboxylic acids is 1. The summed E-state index contributed by atoms with van der Waals surface area (Å²) in [6.07, 6.45) is 0.769. The molecule has 1 fully saturated rings. The minimum Gasteiger partial charge on any atom is -0.462 e. The molecule has 0 spiro atoms. The molecule has 0 amide bonds. The minimum absolute atomic E-state index is 0.0196. The van der Waals surface area contributed by atoms with Gasteiger partial charge in [-0.3, -0.25) is 4.79 Å². The number of esters is 1. The molecule has 1 aliphatic heterocycles. The van der Waals surface area contributed by atoms with Crippen LogP contribution in [0.1, 0.15) is 20.3 Å². The van der Waals surface area contributed by atoms with E-state index in [0.717, 1.165) is 22.4 Å². The van der Waals surface area contributed by atoms with Gasteiger partial charge in [0.15, 0.2) is 4.34 Å². The van der Waals surface area contributed by atoms with E-state index in [2.05, 4.69) is 15.5 Å². The van der Waals surface area contributed by atoms with E-state index in [0.29, 0.717) is 0 Å². The fourth-order valence-electron chi connectivity index (χ4n) is 1.42. The van der Waals surface area contributed by atoms with Crippen molar-refractivity contribution in [2.45, 2.75) is 36.0 Å². The summed E-state index contributed by atoms with van der Waals surface area (Å²) in [5.74, 6) is -0.141. The van der Waals surface area contributed by atoms with Gasteiger partial charge >= 0.3 is 5.97 Å². The van der Waals surface area contributed by atoms with Crippen LogP contribution in [-0.4, -0.2) is 34.1 Å². The maximum Gasteiger partial charge on any atom is 0.319 e. The van der Waals surface area contributed by atoms with Crippen LogP contribution in [0, 0.1) is 0 Å². The molecule has 1 aromatic rings. The van der Waals surface area contributed by atoms with Crippen LogP contribution in [0.25, 0.3) is 0 Å². The monoisotopic (exact) mass is 259 g/mol. The van der Waals surface area contributed by atoms with Crippen molar-refractivity contribution in [2.75, 3.05) is 11.9 Å². The molecule has 7 heteroatoms. The van der Waals surface area contributed by atoms with E-state index in [1.807, 2.05) is 13.8 Å². The van der Waals surface area contributed by atoms with Crippen LogP contribution in [0.2, 0.25) is 0 Å². The van der Waals surface area contributed by atoms with Crippen molar-refractivity contribution in [2.24, 2.45) is 0 Å². The number of anilines is 1. The largest absolute Gasteiger partial charge is 0.462 e. The number of nitrogens with zero attached hydrogens (tertiary/aromatic N) is 2. The molecule has 2 atom stereocenters. The molecular weight excluding hydrogens is 246 g/mol. The summed E-state index contributed by atoms with van der Waals surface area (Å²) < 4.78 is 5.89. The second-order valence-electron chi connectivity index (χ2n) is 3.49. The van der Waals surface area contributed by atoms with Gasteiger partial charge in [-0.25, -0.2) is 0 Å². The minimum atomic E-state index is -0.141. The van der Waals surface area contributed by atoms with Gasteiger partial charge in [-0.1, -0.05) is 23.1 Å². The van der Waals surface area contributed by atoms with Crippen molar-refractivity contribution in [1.82, 2.24) is 10.2 Å². The van der Waals surface area contributed by atoms with Gasteiger partial charge in [0.2, 0.25) is 5.13 Å². The third-order valence-corrected chi connectivity index (χ3v) is 4.27. The maximum atomic E-state index is 11.4. The Kier molecular flexibility index (Phi) is 3.65. The van der Waals surface area contributed by atoms with Crippen molar-refractivity contribution < 1.29 is 9.53 Å². The van der Waals surface area contributed by atoms with Gasteiger partial charge in [-0.05, 0) is 13.8 Å². The van der Waals surface area contributed by atoms with Gasteiger partial charge < -0.3 is 10.1 Å². The molecule has 2 heterocycles. The summed E-state index contributed by atoms with van der Waals surface area (Å²) in [7, 11) is 0. The van der Waals surface area contributed by atoms with Crippen molar-refractivity contribution in [3.63, 3.8) is 0 Å². The zero-order valence-corrected chi connectivity index (χ0v) is 10.7. The molecule has 0 saturated carbocycles. The quantitative estimate of drug-likeness (QED) is 0.831. The molecule has 16 heavy (non-hydrogen) atoms. The summed E-state index contributed by atoms with van der Waals surface area (Å²) >= 11 is 2.91. The number of nitrogens with one attached hydrogen (secondary N) is 1. The molecule has 0 unspecified atom stereocenters. The van der Waals surface area contributed by atoms with Crippen LogP contribution < -0.4 is 5.32 Å². The Balaban J connectivity index is 1.95. The highest BCUT2D eigenvalue weighted by atomic mass is 32.2. The van der Waals surface area contributed by atoms with Crippen LogP contribution in [0.4, 0.5) is 5.13 Å². The topological polar surface area (TPSA) is 64.1 Å². The molecule has 0 aliphatic carbocycles. The third-order valence-electron chi connectivity index (χ3n) is 2.10. The molecule has 1 aromatic heterocycles. The summed E-state index contributed by atoms with van der Waals surface area (Å²) in [4.78, 5) is 11.4. The number of hydrogen-bond donors (Lipinski definition) is 1. The first kappa shape index (κ1) is 11.7. The smallest absolute Gasteiger partial charge is 0.319 e. The number of thioether (sulfide) groups is 1. The first-order valence-corrected chi connectivity index (χ1v) is 6.83. The predicted molar refractivity (Wildman–Crippen MR) is 63.9 cm³/mol. The molecule has 2 rings (SSSR count). The third kappa shape index (κ3) is 2.65. The molecule has 1 saturated heterocycles. The number of carbonyl (C=O) groups is 1. The van der Waals surface area contributed by atoms with E-state index in [-0.39, 0.29) is 17.3 Å². The molecule has 0 aromatic carbocycles. The Morgan fingerprint density at radius 1 is 1.62 bits per heavy atom. The Hall–Kier alpha value is -0.820. The lowest BCUT2D eigenvalue weighted by Crippen LogP contribution is -2.08. The lowest BCUT2D eigenvalue weighted by atomic mass is 10.3. The number of ether oxygens (including phenoxy) is 1. The van der Waals surface area contributed by atoms with Crippen molar-refractivity contribution in [3.05, 3.63) is 0 Å². The zero-order chi connectivity index (χ0) is 11.5. The number of cyclic esters (lactones) is 1. The SMILES string of the molecule is CCNc1nnc(S[C@@H]2C[C@H](C)OC2=O)s1. The molecule has 5 nitrogen and oxygen atoms in total. The average Bonchev–Trinajstić information content (AvgIpc) is 2.76. The van der Waals surface area contributed by atoms with Crippen LogP contribution >= 0.6 is 23.1 Å². The Morgan fingerprint density at radius 3 is 3.06 bits per heavy atom. The van der Waals surface area contributed by atoms with E-state index in [4.69, 9.17) is 4.74 Å². The second kappa shape index (κ2) is 5.01. The molecule has 0 radical (unpaired) electrons. The first-order chi connectivity index (χ1) is 7.69. The van der Waals surface area contributed by atoms with Crippen LogP contribution in [-0.2, 0) is 9.53 Å². The fourth-order valence-corrected chi connectivity index (χ4v) is 3.59. The highest BCUT2D eigenvalue weighted by molar-refractivity contribution is 8.02. The molecule has 88 valence electrons. The van der Waals surface area contributed by atoms with Gasteiger partial charge in [-0.15, -0.1) is 10.2 Å². The van der Waals surface area contributed by atoms with E-state index in [1.54, 1.807) is 0 Å². The second-order valence-corrected chi connectivity index (χ2v) is 5.92. The highest BCUT2D eigenvalue weighted by Gasteiger charge is 2.33. The molecule has 0 bridgehead atoms. The number of aromatic nitrogens is 2. The van der Waals surface area contributed by atoms with Gasteiger partial charge in [0, 0.05) is 13.0 Å².